The zero-order chi connectivity index (χ0) is 10.6. The molecule has 0 aromatic carbocycles. The molecule has 1 unspecified atom stereocenters. The van der Waals surface area contributed by atoms with E-state index in [9.17, 15) is 12.6 Å². The molecule has 7 heteroatoms. The molecule has 0 aromatic heterocycles. The molecule has 1 fully saturated rings. The number of sulfonamides is 1. The smallest absolute Gasteiger partial charge is 0.215 e. The fourth-order valence-electron chi connectivity index (χ4n) is 1.38. The van der Waals surface area contributed by atoms with Crippen LogP contribution in [0.25, 0.3) is 0 Å². The van der Waals surface area contributed by atoms with Crippen molar-refractivity contribution >= 4 is 20.8 Å². The fraction of sp³-hybridized carbons (Fsp3) is 1.00. The molecule has 1 aliphatic heterocycles. The molecular formula is C7H16N2O3S2. The van der Waals surface area contributed by atoms with Crippen LogP contribution in [0.15, 0.2) is 0 Å². The van der Waals surface area contributed by atoms with Crippen LogP contribution in [0, 0.1) is 0 Å². The maximum absolute atomic E-state index is 11.6. The Morgan fingerprint density at radius 2 is 2.00 bits per heavy atom. The molecule has 2 N–H and O–H groups in total. The molecule has 0 bridgehead atoms. The van der Waals surface area contributed by atoms with E-state index in [0.29, 0.717) is 31.0 Å². The van der Waals surface area contributed by atoms with Gasteiger partial charge in [0, 0.05) is 41.9 Å². The van der Waals surface area contributed by atoms with E-state index in [1.807, 2.05) is 0 Å². The first-order valence-electron chi connectivity index (χ1n) is 4.59. The standard InChI is InChI=1S/C7H16N2O3S2/c8-2-7-14(11,12)9-3-1-5-13(10)6-4-9/h1-8H2. The van der Waals surface area contributed by atoms with Crippen LogP contribution in [0.5, 0.6) is 0 Å². The maximum Gasteiger partial charge on any atom is 0.215 e. The zero-order valence-electron chi connectivity index (χ0n) is 8.02. The molecule has 0 aromatic rings. The van der Waals surface area contributed by atoms with Crippen molar-refractivity contribution in [1.29, 1.82) is 0 Å². The first kappa shape index (κ1) is 12.1. The summed E-state index contributed by atoms with van der Waals surface area (Å²) in [5, 5.41) is 0. The van der Waals surface area contributed by atoms with Crippen LogP contribution in [-0.4, -0.2) is 53.8 Å². The Kier molecular flexibility index (Phi) is 4.49. The van der Waals surface area contributed by atoms with Crippen LogP contribution in [-0.2, 0) is 20.8 Å². The predicted molar refractivity (Wildman–Crippen MR) is 56.9 cm³/mol. The van der Waals surface area contributed by atoms with Crippen molar-refractivity contribution in [2.24, 2.45) is 5.73 Å². The third-order valence-corrected chi connectivity index (χ3v) is 5.40. The lowest BCUT2D eigenvalue weighted by atomic mass is 10.5. The summed E-state index contributed by atoms with van der Waals surface area (Å²) in [4.78, 5) is 0. The molecule has 1 heterocycles. The predicted octanol–water partition coefficient (Wildman–Crippen LogP) is -1.27. The maximum atomic E-state index is 11.6. The van der Waals surface area contributed by atoms with Crippen LogP contribution in [0.1, 0.15) is 6.42 Å². The molecule has 5 nitrogen and oxygen atoms in total. The highest BCUT2D eigenvalue weighted by molar-refractivity contribution is 7.89. The second-order valence-corrected chi connectivity index (χ2v) is 6.99. The van der Waals surface area contributed by atoms with E-state index >= 15 is 0 Å². The molecule has 1 aliphatic rings. The van der Waals surface area contributed by atoms with Gasteiger partial charge >= 0.3 is 0 Å². The van der Waals surface area contributed by atoms with Crippen LogP contribution in [0.3, 0.4) is 0 Å². The summed E-state index contributed by atoms with van der Waals surface area (Å²) in [6, 6.07) is 0. The summed E-state index contributed by atoms with van der Waals surface area (Å²) in [6.45, 7) is 0.991. The van der Waals surface area contributed by atoms with E-state index < -0.39 is 20.8 Å². The summed E-state index contributed by atoms with van der Waals surface area (Å²) in [7, 11) is -4.06. The molecule has 84 valence electrons. The fourth-order valence-corrected chi connectivity index (χ4v) is 3.90. The van der Waals surface area contributed by atoms with Gasteiger partial charge in [0.1, 0.15) is 0 Å². The van der Waals surface area contributed by atoms with Gasteiger partial charge in [0.2, 0.25) is 10.0 Å². The Morgan fingerprint density at radius 3 is 2.64 bits per heavy atom. The highest BCUT2D eigenvalue weighted by Crippen LogP contribution is 2.07. The van der Waals surface area contributed by atoms with Gasteiger partial charge in [-0.1, -0.05) is 0 Å². The molecule has 14 heavy (non-hydrogen) atoms. The first-order chi connectivity index (χ1) is 6.56. The molecular weight excluding hydrogens is 224 g/mol. The van der Waals surface area contributed by atoms with Crippen molar-refractivity contribution in [3.05, 3.63) is 0 Å². The van der Waals surface area contributed by atoms with Crippen molar-refractivity contribution < 1.29 is 12.6 Å². The molecule has 0 radical (unpaired) electrons. The quantitative estimate of drug-likeness (QED) is 0.667. The van der Waals surface area contributed by atoms with Gasteiger partial charge in [0.15, 0.2) is 0 Å². The SMILES string of the molecule is NCCS(=O)(=O)N1CCCS(=O)CC1. The van der Waals surface area contributed by atoms with Crippen LogP contribution >= 0.6 is 0 Å². The van der Waals surface area contributed by atoms with Gasteiger partial charge in [-0.2, -0.15) is 0 Å². The molecule has 1 atom stereocenters. The highest BCUT2D eigenvalue weighted by Gasteiger charge is 2.23. The topological polar surface area (TPSA) is 80.5 Å². The summed E-state index contributed by atoms with van der Waals surface area (Å²) < 4.78 is 35.8. The number of rotatable bonds is 3. The van der Waals surface area contributed by atoms with Crippen LogP contribution < -0.4 is 5.73 Å². The molecule has 1 saturated heterocycles. The van der Waals surface area contributed by atoms with Crippen molar-refractivity contribution in [3.8, 4) is 0 Å². The van der Waals surface area contributed by atoms with Gasteiger partial charge in [-0.15, -0.1) is 0 Å². The van der Waals surface area contributed by atoms with Gasteiger partial charge in [0.25, 0.3) is 0 Å². The van der Waals surface area contributed by atoms with Gasteiger partial charge in [-0.3, -0.25) is 4.21 Å². The number of hydrogen-bond donors (Lipinski definition) is 1. The minimum absolute atomic E-state index is 0.0143. The average molecular weight is 240 g/mol. The van der Waals surface area contributed by atoms with E-state index in [-0.39, 0.29) is 12.3 Å². The first-order valence-corrected chi connectivity index (χ1v) is 7.69. The Balaban J connectivity index is 2.63. The van der Waals surface area contributed by atoms with Crippen molar-refractivity contribution in [2.45, 2.75) is 6.42 Å². The second-order valence-electron chi connectivity index (χ2n) is 3.21. The average Bonchev–Trinajstić information content (AvgIpc) is 2.30. The van der Waals surface area contributed by atoms with Gasteiger partial charge in [-0.25, -0.2) is 12.7 Å². The van der Waals surface area contributed by atoms with Crippen LogP contribution in [0.2, 0.25) is 0 Å². The number of hydrogen-bond acceptors (Lipinski definition) is 4. The lowest BCUT2D eigenvalue weighted by molar-refractivity contribution is 0.435. The van der Waals surface area contributed by atoms with Crippen molar-refractivity contribution in [1.82, 2.24) is 4.31 Å². The Labute approximate surface area is 87.2 Å². The Hall–Kier alpha value is 0.0200. The zero-order valence-corrected chi connectivity index (χ0v) is 9.65. The van der Waals surface area contributed by atoms with Crippen molar-refractivity contribution in [3.63, 3.8) is 0 Å². The minimum Gasteiger partial charge on any atom is -0.329 e. The monoisotopic (exact) mass is 240 g/mol. The third kappa shape index (κ3) is 3.30. The molecule has 0 spiro atoms. The lowest BCUT2D eigenvalue weighted by Crippen LogP contribution is -2.37. The van der Waals surface area contributed by atoms with E-state index in [0.717, 1.165) is 0 Å². The summed E-state index contributed by atoms with van der Waals surface area (Å²) in [5.41, 5.74) is 5.22. The third-order valence-electron chi connectivity index (χ3n) is 2.12. The molecule has 0 saturated carbocycles. The number of nitrogens with zero attached hydrogens (tertiary/aromatic N) is 1. The normalized spacial score (nSPS) is 25.9. The number of nitrogens with two attached hydrogens (primary N) is 1. The highest BCUT2D eigenvalue weighted by atomic mass is 32.2. The van der Waals surface area contributed by atoms with E-state index in [1.165, 1.54) is 4.31 Å². The van der Waals surface area contributed by atoms with Crippen molar-refractivity contribution in [2.75, 3.05) is 36.9 Å². The van der Waals surface area contributed by atoms with Gasteiger partial charge in [0.05, 0.1) is 5.75 Å². The second kappa shape index (κ2) is 5.20. The lowest BCUT2D eigenvalue weighted by Gasteiger charge is -2.18. The largest absolute Gasteiger partial charge is 0.329 e. The molecule has 1 rings (SSSR count). The van der Waals surface area contributed by atoms with E-state index in [2.05, 4.69) is 0 Å². The summed E-state index contributed by atoms with van der Waals surface area (Å²) in [6.07, 6.45) is 0.677. The van der Waals surface area contributed by atoms with Crippen LogP contribution in [0.4, 0.5) is 0 Å². The van der Waals surface area contributed by atoms with E-state index in [1.54, 1.807) is 0 Å². The minimum atomic E-state index is -3.21. The Morgan fingerprint density at radius 1 is 1.29 bits per heavy atom. The Bertz CT molecular complexity index is 302. The summed E-state index contributed by atoms with van der Waals surface area (Å²) >= 11 is 0. The van der Waals surface area contributed by atoms with E-state index in [4.69, 9.17) is 5.73 Å². The molecule has 0 aliphatic carbocycles. The van der Waals surface area contributed by atoms with Gasteiger partial charge < -0.3 is 5.73 Å². The summed E-state index contributed by atoms with van der Waals surface area (Å²) in [5.74, 6) is 1.04. The molecule has 0 amide bonds. The van der Waals surface area contributed by atoms with Gasteiger partial charge in [-0.05, 0) is 6.42 Å².